The van der Waals surface area contributed by atoms with E-state index in [-0.39, 0.29) is 23.0 Å². The molecule has 0 radical (unpaired) electrons. The Kier molecular flexibility index (Phi) is 5.99. The van der Waals surface area contributed by atoms with Gasteiger partial charge in [-0.05, 0) is 28.9 Å². The average molecular weight is 566 g/mol. The van der Waals surface area contributed by atoms with Gasteiger partial charge in [-0.25, -0.2) is 0 Å². The first kappa shape index (κ1) is 24.4. The molecule has 1 unspecified atom stereocenters. The summed E-state index contributed by atoms with van der Waals surface area (Å²) in [4.78, 5) is 20.0. The number of aliphatic hydroxyl groups excluding tert-OH is 1. The molecule has 1 saturated heterocycles. The second-order valence-corrected chi connectivity index (χ2v) is 10.5. The third-order valence-corrected chi connectivity index (χ3v) is 8.41. The number of aromatic nitrogens is 1. The molecule has 1 saturated carbocycles. The summed E-state index contributed by atoms with van der Waals surface area (Å²) in [5, 5.41) is 27.5. The number of carbonyl (C=O) groups is 1. The molecule has 0 spiro atoms. The minimum atomic E-state index is -2.27. The number of carbonyl (C=O) groups excluding carboxylic acids is 1. The fourth-order valence-electron chi connectivity index (χ4n) is 6.33. The predicted octanol–water partition coefficient (Wildman–Crippen LogP) is 2.33. The first-order chi connectivity index (χ1) is 17.9. The first-order valence-corrected chi connectivity index (χ1v) is 13.0. The lowest BCUT2D eigenvalue weighted by atomic mass is 9.70. The van der Waals surface area contributed by atoms with Crippen LogP contribution in [0.3, 0.4) is 0 Å². The number of hydrogen-bond donors (Lipinski definition) is 1. The zero-order chi connectivity index (χ0) is 25.8. The number of aliphatic hydroxyl groups is 1. The van der Waals surface area contributed by atoms with Gasteiger partial charge < -0.3 is 29.3 Å². The van der Waals surface area contributed by atoms with Gasteiger partial charge in [0.15, 0.2) is 0 Å². The SMILES string of the molecule is COc1cncc2c1[C@]1([O-])[C@H](O)[C@H](C(=O)N3CCOCC3)[C@@H](c3ccccc3)C1(c1ccc(Br)cc1)O2. The molecule has 1 aliphatic carbocycles. The molecule has 1 aromatic heterocycles. The van der Waals surface area contributed by atoms with E-state index in [9.17, 15) is 9.90 Å². The Hall–Kier alpha value is -2.98. The van der Waals surface area contributed by atoms with E-state index in [1.54, 1.807) is 4.90 Å². The zero-order valence-corrected chi connectivity index (χ0v) is 21.8. The third kappa shape index (κ3) is 3.38. The number of methoxy groups -OCH3 is 1. The van der Waals surface area contributed by atoms with E-state index < -0.39 is 29.1 Å². The molecule has 8 nitrogen and oxygen atoms in total. The first-order valence-electron chi connectivity index (χ1n) is 12.2. The molecule has 37 heavy (non-hydrogen) atoms. The number of fused-ring (bicyclic) bond motifs is 3. The fraction of sp³-hybridized carbons (Fsp3) is 0.357. The van der Waals surface area contributed by atoms with Crippen molar-refractivity contribution in [3.63, 3.8) is 0 Å². The Morgan fingerprint density at radius 1 is 1.14 bits per heavy atom. The zero-order valence-electron chi connectivity index (χ0n) is 20.2. The van der Waals surface area contributed by atoms with Crippen molar-refractivity contribution >= 4 is 21.8 Å². The summed E-state index contributed by atoms with van der Waals surface area (Å²) in [6.07, 6.45) is 1.31. The molecule has 6 rings (SSSR count). The van der Waals surface area contributed by atoms with Crippen molar-refractivity contribution in [2.24, 2.45) is 5.92 Å². The number of rotatable bonds is 4. The topological polar surface area (TPSA) is 104 Å². The maximum atomic E-state index is 15.5. The summed E-state index contributed by atoms with van der Waals surface area (Å²) in [6, 6.07) is 16.7. The van der Waals surface area contributed by atoms with Crippen LogP contribution in [0.1, 0.15) is 22.6 Å². The normalized spacial score (nSPS) is 30.4. The number of halogens is 1. The van der Waals surface area contributed by atoms with Crippen LogP contribution in [0, 0.1) is 5.92 Å². The molecule has 1 N–H and O–H groups in total. The molecular formula is C28H26BrN2O6-. The highest BCUT2D eigenvalue weighted by Gasteiger charge is 2.72. The third-order valence-electron chi connectivity index (χ3n) is 7.88. The van der Waals surface area contributed by atoms with Crippen LogP contribution in [-0.4, -0.2) is 60.4 Å². The van der Waals surface area contributed by atoms with E-state index in [0.29, 0.717) is 31.9 Å². The van der Waals surface area contributed by atoms with Gasteiger partial charge in [-0.15, -0.1) is 0 Å². The molecule has 0 bridgehead atoms. The summed E-state index contributed by atoms with van der Waals surface area (Å²) in [5.74, 6) is -1.68. The number of morpholine rings is 1. The van der Waals surface area contributed by atoms with Crippen molar-refractivity contribution in [1.82, 2.24) is 9.88 Å². The van der Waals surface area contributed by atoms with E-state index in [4.69, 9.17) is 14.2 Å². The van der Waals surface area contributed by atoms with Crippen LogP contribution >= 0.6 is 15.9 Å². The number of amides is 1. The quantitative estimate of drug-likeness (QED) is 0.517. The van der Waals surface area contributed by atoms with Crippen LogP contribution in [0.25, 0.3) is 0 Å². The van der Waals surface area contributed by atoms with Gasteiger partial charge in [-0.1, -0.05) is 58.4 Å². The monoisotopic (exact) mass is 565 g/mol. The summed E-state index contributed by atoms with van der Waals surface area (Å²) in [7, 11) is 1.45. The molecule has 3 aliphatic rings. The second-order valence-electron chi connectivity index (χ2n) is 9.59. The van der Waals surface area contributed by atoms with E-state index in [0.717, 1.165) is 10.0 Å². The van der Waals surface area contributed by atoms with Crippen molar-refractivity contribution in [2.75, 3.05) is 33.4 Å². The van der Waals surface area contributed by atoms with Crippen molar-refractivity contribution in [3.05, 3.63) is 88.2 Å². The number of hydrogen-bond acceptors (Lipinski definition) is 7. The minimum absolute atomic E-state index is 0.179. The molecule has 9 heteroatoms. The van der Waals surface area contributed by atoms with Crippen LogP contribution in [-0.2, 0) is 20.7 Å². The number of nitrogens with zero attached hydrogens (tertiary/aromatic N) is 2. The highest BCUT2D eigenvalue weighted by molar-refractivity contribution is 9.10. The van der Waals surface area contributed by atoms with Gasteiger partial charge in [0.1, 0.15) is 17.1 Å². The molecular weight excluding hydrogens is 540 g/mol. The summed E-state index contributed by atoms with van der Waals surface area (Å²) < 4.78 is 18.5. The highest BCUT2D eigenvalue weighted by Crippen LogP contribution is 2.68. The van der Waals surface area contributed by atoms with E-state index >= 15 is 5.11 Å². The largest absolute Gasteiger partial charge is 0.841 e. The minimum Gasteiger partial charge on any atom is -0.841 e. The van der Waals surface area contributed by atoms with E-state index in [1.165, 1.54) is 19.5 Å². The van der Waals surface area contributed by atoms with E-state index in [2.05, 4.69) is 20.9 Å². The second kappa shape index (κ2) is 9.09. The molecule has 3 heterocycles. The maximum Gasteiger partial charge on any atom is 0.229 e. The summed E-state index contributed by atoms with van der Waals surface area (Å²) >= 11 is 3.48. The van der Waals surface area contributed by atoms with Crippen LogP contribution in [0.2, 0.25) is 0 Å². The average Bonchev–Trinajstić information content (AvgIpc) is 3.32. The lowest BCUT2D eigenvalue weighted by Crippen LogP contribution is -2.60. The Morgan fingerprint density at radius 2 is 1.84 bits per heavy atom. The van der Waals surface area contributed by atoms with Crippen molar-refractivity contribution in [2.45, 2.75) is 23.2 Å². The van der Waals surface area contributed by atoms with Gasteiger partial charge in [0, 0.05) is 29.0 Å². The molecule has 2 aliphatic heterocycles. The number of benzene rings is 2. The summed E-state index contributed by atoms with van der Waals surface area (Å²) in [6.45, 7) is 1.60. The van der Waals surface area contributed by atoms with Gasteiger partial charge in [-0.3, -0.25) is 9.78 Å². The predicted molar refractivity (Wildman–Crippen MR) is 135 cm³/mol. The van der Waals surface area contributed by atoms with E-state index in [1.807, 2.05) is 54.6 Å². The molecule has 1 amide bonds. The fourth-order valence-corrected chi connectivity index (χ4v) is 6.60. The van der Waals surface area contributed by atoms with Crippen LogP contribution in [0.5, 0.6) is 11.5 Å². The number of ether oxygens (including phenoxy) is 3. The lowest BCUT2D eigenvalue weighted by Gasteiger charge is -2.49. The molecule has 192 valence electrons. The number of pyridine rings is 1. The Labute approximate surface area is 222 Å². The molecule has 3 aromatic rings. The van der Waals surface area contributed by atoms with Gasteiger partial charge >= 0.3 is 0 Å². The Morgan fingerprint density at radius 3 is 2.51 bits per heavy atom. The Balaban J connectivity index is 1.65. The van der Waals surface area contributed by atoms with Crippen LogP contribution in [0.15, 0.2) is 71.5 Å². The Bertz CT molecular complexity index is 1320. The summed E-state index contributed by atoms with van der Waals surface area (Å²) in [5.41, 5.74) is -2.45. The molecule has 2 fully saturated rings. The van der Waals surface area contributed by atoms with Crippen LogP contribution < -0.4 is 14.6 Å². The maximum absolute atomic E-state index is 15.5. The van der Waals surface area contributed by atoms with Crippen molar-refractivity contribution in [3.8, 4) is 11.5 Å². The lowest BCUT2D eigenvalue weighted by molar-refractivity contribution is -0.527. The van der Waals surface area contributed by atoms with Gasteiger partial charge in [0.2, 0.25) is 5.91 Å². The molecule has 2 aromatic carbocycles. The molecule has 5 atom stereocenters. The van der Waals surface area contributed by atoms with Gasteiger partial charge in [-0.2, -0.15) is 0 Å². The standard InChI is InChI=1S/C28H26BrN2O6/c1-35-20-15-30-16-21-24(20)27(34)25(32)22(26(33)31-11-13-36-14-12-31)23(17-5-3-2-4-6-17)28(27,37-21)18-7-9-19(29)10-8-18/h2-10,15-16,22-23,25,32H,11-14H2,1H3/q-1/t22-,23-,25-,27+,28?/m1/s1. The van der Waals surface area contributed by atoms with Crippen LogP contribution in [0.4, 0.5) is 0 Å². The van der Waals surface area contributed by atoms with Crippen molar-refractivity contribution < 1.29 is 29.2 Å². The smallest absolute Gasteiger partial charge is 0.229 e. The highest BCUT2D eigenvalue weighted by atomic mass is 79.9. The van der Waals surface area contributed by atoms with Gasteiger partial charge in [0.05, 0.1) is 44.7 Å². The van der Waals surface area contributed by atoms with Crippen molar-refractivity contribution in [1.29, 1.82) is 0 Å². The van der Waals surface area contributed by atoms with Gasteiger partial charge in [0.25, 0.3) is 0 Å².